The molecule has 0 aromatic heterocycles. The molecule has 0 saturated heterocycles. The largest absolute Gasteiger partial charge is 0.497 e. The van der Waals surface area contributed by atoms with Crippen LogP contribution in [0.3, 0.4) is 0 Å². The number of anilines is 1. The first-order valence-electron chi connectivity index (χ1n) is 13.4. The molecular weight excluding hydrogens is 619 g/mol. The van der Waals surface area contributed by atoms with Gasteiger partial charge in [0.15, 0.2) is 5.60 Å². The van der Waals surface area contributed by atoms with Crippen LogP contribution in [0.5, 0.6) is 5.75 Å². The third-order valence-electron chi connectivity index (χ3n) is 7.99. The van der Waals surface area contributed by atoms with Crippen molar-refractivity contribution >= 4 is 40.1 Å². The number of aliphatic hydroxyl groups excluding tert-OH is 1. The average molecular weight is 653 g/mol. The molecule has 40 heavy (non-hydrogen) atoms. The molecule has 0 saturated carbocycles. The Bertz CT molecular complexity index is 1440. The molecule has 2 amide bonds. The highest BCUT2D eigenvalue weighted by atomic mass is 127. The van der Waals surface area contributed by atoms with E-state index in [0.717, 1.165) is 20.3 Å². The molecular formula is C32H33IN2O5. The van der Waals surface area contributed by atoms with Crippen molar-refractivity contribution in [1.82, 2.24) is 4.90 Å². The number of halogens is 1. The van der Waals surface area contributed by atoms with Gasteiger partial charge in [0.2, 0.25) is 5.91 Å². The molecule has 3 atom stereocenters. The minimum atomic E-state index is -1.82. The lowest BCUT2D eigenvalue weighted by Crippen LogP contribution is -2.46. The van der Waals surface area contributed by atoms with E-state index in [9.17, 15) is 19.8 Å². The molecule has 208 valence electrons. The van der Waals surface area contributed by atoms with Crippen molar-refractivity contribution in [2.75, 3.05) is 18.6 Å². The highest BCUT2D eigenvalue weighted by Crippen LogP contribution is 2.47. The number of fused-ring (bicyclic) bond motifs is 2. The molecule has 8 heteroatoms. The van der Waals surface area contributed by atoms with Gasteiger partial charge in [0, 0.05) is 28.0 Å². The number of hydrogen-bond acceptors (Lipinski definition) is 5. The monoisotopic (exact) mass is 652 g/mol. The number of ether oxygens (including phenoxy) is 1. The molecule has 2 aliphatic heterocycles. The number of aliphatic hydroxyl groups is 2. The summed E-state index contributed by atoms with van der Waals surface area (Å²) in [6.07, 6.45) is 4.17. The smallest absolute Gasteiger partial charge is 0.264 e. The van der Waals surface area contributed by atoms with E-state index < -0.39 is 17.4 Å². The Labute approximate surface area is 248 Å². The second-order valence-electron chi connectivity index (χ2n) is 10.4. The molecule has 3 aromatic rings. The molecule has 7 nitrogen and oxygen atoms in total. The number of rotatable bonds is 8. The Morgan fingerprint density at radius 2 is 1.88 bits per heavy atom. The molecule has 3 aromatic carbocycles. The van der Waals surface area contributed by atoms with Gasteiger partial charge < -0.3 is 24.7 Å². The van der Waals surface area contributed by atoms with Crippen LogP contribution in [0.4, 0.5) is 5.69 Å². The van der Waals surface area contributed by atoms with Crippen LogP contribution in [-0.4, -0.2) is 46.7 Å². The third kappa shape index (κ3) is 5.27. The summed E-state index contributed by atoms with van der Waals surface area (Å²) in [5.74, 6) is -0.584. The van der Waals surface area contributed by atoms with E-state index >= 15 is 0 Å². The third-order valence-corrected chi connectivity index (χ3v) is 8.71. The fourth-order valence-corrected chi connectivity index (χ4v) is 6.01. The van der Waals surface area contributed by atoms with Gasteiger partial charge in [-0.3, -0.25) is 9.59 Å². The second-order valence-corrected chi connectivity index (χ2v) is 11.7. The zero-order chi connectivity index (χ0) is 28.4. The maximum Gasteiger partial charge on any atom is 0.264 e. The van der Waals surface area contributed by atoms with Crippen LogP contribution in [-0.2, 0) is 34.7 Å². The van der Waals surface area contributed by atoms with Gasteiger partial charge in [-0.05, 0) is 76.0 Å². The van der Waals surface area contributed by atoms with Gasteiger partial charge in [-0.25, -0.2) is 0 Å². The zero-order valence-electron chi connectivity index (χ0n) is 22.6. The minimum Gasteiger partial charge on any atom is -0.497 e. The second kappa shape index (κ2) is 11.7. The van der Waals surface area contributed by atoms with E-state index in [1.54, 1.807) is 54.2 Å². The van der Waals surface area contributed by atoms with E-state index in [2.05, 4.69) is 22.6 Å². The maximum absolute atomic E-state index is 13.8. The van der Waals surface area contributed by atoms with Gasteiger partial charge in [-0.15, -0.1) is 0 Å². The predicted octanol–water partition coefficient (Wildman–Crippen LogP) is 4.56. The van der Waals surface area contributed by atoms with Crippen molar-refractivity contribution in [1.29, 1.82) is 0 Å². The van der Waals surface area contributed by atoms with Gasteiger partial charge in [-0.1, -0.05) is 55.5 Å². The molecule has 0 unspecified atom stereocenters. The average Bonchev–Trinajstić information content (AvgIpc) is 3.19. The Hall–Kier alpha value is -3.21. The Balaban J connectivity index is 1.36. The predicted molar refractivity (Wildman–Crippen MR) is 162 cm³/mol. The van der Waals surface area contributed by atoms with Crippen LogP contribution in [0.2, 0.25) is 0 Å². The van der Waals surface area contributed by atoms with Gasteiger partial charge in [0.25, 0.3) is 5.91 Å². The van der Waals surface area contributed by atoms with Gasteiger partial charge in [-0.2, -0.15) is 0 Å². The van der Waals surface area contributed by atoms with Crippen molar-refractivity contribution in [3.63, 3.8) is 0 Å². The van der Waals surface area contributed by atoms with Crippen molar-refractivity contribution < 1.29 is 24.5 Å². The van der Waals surface area contributed by atoms with Gasteiger partial charge in [0.1, 0.15) is 5.75 Å². The summed E-state index contributed by atoms with van der Waals surface area (Å²) < 4.78 is 6.51. The quantitative estimate of drug-likeness (QED) is 0.275. The van der Waals surface area contributed by atoms with Crippen LogP contribution in [0.15, 0.2) is 78.9 Å². The Morgan fingerprint density at radius 3 is 2.58 bits per heavy atom. The van der Waals surface area contributed by atoms with E-state index in [-0.39, 0.29) is 25.0 Å². The van der Waals surface area contributed by atoms with Crippen LogP contribution in [0.1, 0.15) is 35.6 Å². The summed E-state index contributed by atoms with van der Waals surface area (Å²) in [6.45, 7) is 2.45. The lowest BCUT2D eigenvalue weighted by molar-refractivity contribution is -0.139. The van der Waals surface area contributed by atoms with Crippen LogP contribution in [0, 0.1) is 9.49 Å². The van der Waals surface area contributed by atoms with Gasteiger partial charge in [0.05, 0.1) is 32.0 Å². The topological polar surface area (TPSA) is 90.3 Å². The molecule has 5 rings (SSSR count). The van der Waals surface area contributed by atoms with Crippen LogP contribution >= 0.6 is 22.6 Å². The lowest BCUT2D eigenvalue weighted by atomic mass is 9.82. The van der Waals surface area contributed by atoms with Crippen LogP contribution < -0.4 is 9.64 Å². The number of nitrogens with zero attached hydrogens (tertiary/aromatic N) is 2. The van der Waals surface area contributed by atoms with Crippen LogP contribution in [0.25, 0.3) is 0 Å². The number of methoxy groups -OCH3 is 1. The van der Waals surface area contributed by atoms with Gasteiger partial charge >= 0.3 is 0 Å². The van der Waals surface area contributed by atoms with E-state index in [4.69, 9.17) is 4.74 Å². The summed E-state index contributed by atoms with van der Waals surface area (Å²) in [5, 5.41) is 21.9. The van der Waals surface area contributed by atoms with E-state index in [1.165, 1.54) is 0 Å². The van der Waals surface area contributed by atoms with Crippen molar-refractivity contribution in [3.8, 4) is 5.75 Å². The molecule has 2 N–H and O–H groups in total. The molecule has 0 fully saturated rings. The number of amides is 2. The molecule has 2 heterocycles. The maximum atomic E-state index is 13.8. The summed E-state index contributed by atoms with van der Waals surface area (Å²) in [7, 11) is 1.55. The normalized spacial score (nSPS) is 20.9. The van der Waals surface area contributed by atoms with Crippen molar-refractivity contribution in [2.24, 2.45) is 5.92 Å². The Morgan fingerprint density at radius 1 is 1.15 bits per heavy atom. The molecule has 2 aliphatic rings. The first-order chi connectivity index (χ1) is 19.3. The highest BCUT2D eigenvalue weighted by Gasteiger charge is 2.52. The number of carbonyl (C=O) groups is 2. The fourth-order valence-electron chi connectivity index (χ4n) is 5.65. The summed E-state index contributed by atoms with van der Waals surface area (Å²) in [5.41, 5.74) is 2.50. The van der Waals surface area contributed by atoms with E-state index in [0.29, 0.717) is 36.5 Å². The Kier molecular flexibility index (Phi) is 8.30. The zero-order valence-corrected chi connectivity index (χ0v) is 24.7. The number of carbonyl (C=O) groups excluding carboxylic acids is 2. The molecule has 0 radical (unpaired) electrons. The fraction of sp³-hybridized carbons (Fsp3) is 0.312. The summed E-state index contributed by atoms with van der Waals surface area (Å²) in [4.78, 5) is 30.4. The van der Waals surface area contributed by atoms with Crippen molar-refractivity contribution in [2.45, 2.75) is 44.5 Å². The lowest BCUT2D eigenvalue weighted by Gasteiger charge is -2.36. The summed E-state index contributed by atoms with van der Waals surface area (Å²) in [6, 6.07) is 20.9. The number of benzene rings is 3. The summed E-state index contributed by atoms with van der Waals surface area (Å²) >= 11 is 2.24. The highest BCUT2D eigenvalue weighted by molar-refractivity contribution is 14.1. The standard InChI is InChI=1S/C32H33IN2O5/c1-21(6-5-9-30(37)34-19-24-8-4-3-7-23(24)16-26(34)20-36)32(39)28-17-27(40-2)14-15-29(28)35(31(32)38)18-22-10-12-25(33)13-11-22/h3-8,10-15,17,21,26,36,39H,9,16,18-20H2,1-2H3/b6-5+/t21-,26+,32+/m1/s1. The first-order valence-corrected chi connectivity index (χ1v) is 14.4. The minimum absolute atomic E-state index is 0.102. The van der Waals surface area contributed by atoms with Crippen molar-refractivity contribution in [3.05, 3.63) is 105 Å². The number of hydrogen-bond donors (Lipinski definition) is 2. The van der Waals surface area contributed by atoms with E-state index in [1.807, 2.05) is 48.5 Å². The molecule has 0 spiro atoms. The first kappa shape index (κ1) is 28.3. The SMILES string of the molecule is COc1ccc2c(c1)[C@@](O)([C@H](C)/C=C/CC(=O)N1Cc3ccccc3C[C@H]1CO)C(=O)N2Cc1ccc(I)cc1. The molecule has 0 bridgehead atoms. The molecule has 0 aliphatic carbocycles.